The molecule has 19 heavy (non-hydrogen) atoms. The molecule has 1 aliphatic heterocycles. The van der Waals surface area contributed by atoms with E-state index in [1.165, 1.54) is 32.1 Å². The van der Waals surface area contributed by atoms with Crippen LogP contribution in [-0.4, -0.2) is 22.6 Å². The number of hydrogen-bond donors (Lipinski definition) is 0. The van der Waals surface area contributed by atoms with Crippen molar-refractivity contribution >= 4 is 17.4 Å². The average Bonchev–Trinajstić information content (AvgIpc) is 2.62. The Labute approximate surface area is 121 Å². The number of nitrogens with zero attached hydrogens (tertiary/aromatic N) is 3. The predicted molar refractivity (Wildman–Crippen MR) is 81.0 cm³/mol. The van der Waals surface area contributed by atoms with Crippen molar-refractivity contribution in [1.82, 2.24) is 9.97 Å². The lowest BCUT2D eigenvalue weighted by atomic mass is 10.0. The van der Waals surface area contributed by atoms with E-state index in [1.807, 2.05) is 0 Å². The second-order valence-electron chi connectivity index (χ2n) is 5.66. The van der Waals surface area contributed by atoms with Crippen LogP contribution < -0.4 is 4.90 Å². The van der Waals surface area contributed by atoms with Gasteiger partial charge in [0.1, 0.15) is 17.3 Å². The molecule has 0 amide bonds. The van der Waals surface area contributed by atoms with Crippen LogP contribution in [0.25, 0.3) is 0 Å². The molecule has 2 rings (SSSR count). The van der Waals surface area contributed by atoms with Gasteiger partial charge in [0.05, 0.1) is 0 Å². The molecule has 1 unspecified atom stereocenters. The van der Waals surface area contributed by atoms with Crippen LogP contribution in [0.1, 0.15) is 64.4 Å². The summed E-state index contributed by atoms with van der Waals surface area (Å²) in [7, 11) is 0. The summed E-state index contributed by atoms with van der Waals surface area (Å²) in [6.45, 7) is 7.67. The molecule has 0 bridgehead atoms. The molecule has 0 spiro atoms. The third-order valence-corrected chi connectivity index (χ3v) is 4.31. The number of rotatable bonds is 3. The van der Waals surface area contributed by atoms with Gasteiger partial charge in [0.2, 0.25) is 0 Å². The highest BCUT2D eigenvalue weighted by atomic mass is 35.5. The zero-order chi connectivity index (χ0) is 13.8. The van der Waals surface area contributed by atoms with Crippen LogP contribution in [0.5, 0.6) is 0 Å². The molecular weight excluding hydrogens is 258 g/mol. The van der Waals surface area contributed by atoms with Crippen molar-refractivity contribution < 1.29 is 0 Å². The maximum atomic E-state index is 6.30. The zero-order valence-corrected chi connectivity index (χ0v) is 13.0. The Morgan fingerprint density at radius 1 is 1.32 bits per heavy atom. The predicted octanol–water partition coefficient (Wildman–Crippen LogP) is 4.41. The summed E-state index contributed by atoms with van der Waals surface area (Å²) in [5, 5.41) is 0.610. The summed E-state index contributed by atoms with van der Waals surface area (Å²) in [5.74, 6) is 1.41. The topological polar surface area (TPSA) is 29.0 Å². The molecular formula is C15H24ClN3. The van der Waals surface area contributed by atoms with Gasteiger partial charge in [-0.3, -0.25) is 0 Å². The fourth-order valence-corrected chi connectivity index (χ4v) is 3.32. The minimum atomic E-state index is 0.351. The van der Waals surface area contributed by atoms with Crippen molar-refractivity contribution in [2.24, 2.45) is 0 Å². The fourth-order valence-electron chi connectivity index (χ4n) is 2.97. The van der Waals surface area contributed by atoms with Gasteiger partial charge in [0.25, 0.3) is 0 Å². The maximum Gasteiger partial charge on any atom is 0.138 e. The number of anilines is 1. The summed E-state index contributed by atoms with van der Waals surface area (Å²) in [6.07, 6.45) is 7.92. The number of halogens is 1. The van der Waals surface area contributed by atoms with E-state index >= 15 is 0 Å². The lowest BCUT2D eigenvalue weighted by Gasteiger charge is -2.32. The van der Waals surface area contributed by atoms with E-state index in [4.69, 9.17) is 11.6 Å². The Kier molecular flexibility index (Phi) is 5.03. The molecule has 4 heteroatoms. The third-order valence-electron chi connectivity index (χ3n) is 4.01. The SMILES string of the molecule is CCC1CCCCCN1c1ncnc(Cl)c1C(C)C. The van der Waals surface area contributed by atoms with Gasteiger partial charge < -0.3 is 4.90 Å². The van der Waals surface area contributed by atoms with E-state index in [0.29, 0.717) is 17.1 Å². The first kappa shape index (κ1) is 14.6. The molecule has 1 fully saturated rings. The Hall–Kier alpha value is -0.830. The van der Waals surface area contributed by atoms with E-state index in [-0.39, 0.29) is 0 Å². The van der Waals surface area contributed by atoms with Crippen LogP contribution in [-0.2, 0) is 0 Å². The Bertz CT molecular complexity index is 420. The van der Waals surface area contributed by atoms with Gasteiger partial charge >= 0.3 is 0 Å². The molecule has 0 N–H and O–H groups in total. The van der Waals surface area contributed by atoms with Gasteiger partial charge in [-0.25, -0.2) is 9.97 Å². The molecule has 3 nitrogen and oxygen atoms in total. The van der Waals surface area contributed by atoms with Crippen LogP contribution in [0.2, 0.25) is 5.15 Å². The van der Waals surface area contributed by atoms with Gasteiger partial charge in [-0.2, -0.15) is 0 Å². The first-order valence-electron chi connectivity index (χ1n) is 7.42. The van der Waals surface area contributed by atoms with Crippen LogP contribution in [0, 0.1) is 0 Å². The van der Waals surface area contributed by atoms with Crippen molar-refractivity contribution in [2.75, 3.05) is 11.4 Å². The van der Waals surface area contributed by atoms with Gasteiger partial charge in [0, 0.05) is 18.2 Å². The van der Waals surface area contributed by atoms with Crippen LogP contribution in [0.4, 0.5) is 5.82 Å². The third kappa shape index (κ3) is 3.19. The smallest absolute Gasteiger partial charge is 0.138 e. The highest BCUT2D eigenvalue weighted by Crippen LogP contribution is 2.34. The minimum Gasteiger partial charge on any atom is -0.353 e. The van der Waals surface area contributed by atoms with E-state index in [0.717, 1.165) is 17.9 Å². The Morgan fingerprint density at radius 3 is 2.79 bits per heavy atom. The monoisotopic (exact) mass is 281 g/mol. The molecule has 1 saturated heterocycles. The van der Waals surface area contributed by atoms with Crippen LogP contribution in [0.15, 0.2) is 6.33 Å². The normalized spacial score (nSPS) is 20.7. The standard InChI is InChI=1S/C15H24ClN3/c1-4-12-8-6-5-7-9-19(12)15-13(11(2)3)14(16)17-10-18-15/h10-12H,4-9H2,1-3H3. The van der Waals surface area contributed by atoms with Crippen LogP contribution >= 0.6 is 11.6 Å². The number of hydrogen-bond acceptors (Lipinski definition) is 3. The molecule has 1 aromatic rings. The molecule has 1 atom stereocenters. The van der Waals surface area contributed by atoms with Crippen molar-refractivity contribution in [2.45, 2.75) is 64.8 Å². The fraction of sp³-hybridized carbons (Fsp3) is 0.733. The summed E-state index contributed by atoms with van der Waals surface area (Å²) in [6, 6.07) is 0.589. The molecule has 0 radical (unpaired) electrons. The van der Waals surface area contributed by atoms with Gasteiger partial charge in [0.15, 0.2) is 0 Å². The minimum absolute atomic E-state index is 0.351. The summed E-state index contributed by atoms with van der Waals surface area (Å²) >= 11 is 6.30. The van der Waals surface area contributed by atoms with E-state index in [9.17, 15) is 0 Å². The average molecular weight is 282 g/mol. The van der Waals surface area contributed by atoms with Crippen molar-refractivity contribution in [1.29, 1.82) is 0 Å². The molecule has 0 saturated carbocycles. The molecule has 106 valence electrons. The van der Waals surface area contributed by atoms with Crippen molar-refractivity contribution in [3.05, 3.63) is 17.0 Å². The lowest BCUT2D eigenvalue weighted by Crippen LogP contribution is -2.36. The van der Waals surface area contributed by atoms with Gasteiger partial charge in [-0.15, -0.1) is 0 Å². The second-order valence-corrected chi connectivity index (χ2v) is 6.02. The summed E-state index contributed by atoms with van der Waals surface area (Å²) < 4.78 is 0. The van der Waals surface area contributed by atoms with E-state index in [1.54, 1.807) is 6.33 Å². The Morgan fingerprint density at radius 2 is 2.11 bits per heavy atom. The first-order chi connectivity index (χ1) is 9.15. The quantitative estimate of drug-likeness (QED) is 0.769. The second kappa shape index (κ2) is 6.56. The molecule has 1 aliphatic rings. The molecule has 0 aliphatic carbocycles. The van der Waals surface area contributed by atoms with E-state index < -0.39 is 0 Å². The van der Waals surface area contributed by atoms with Gasteiger partial charge in [-0.1, -0.05) is 45.2 Å². The van der Waals surface area contributed by atoms with Crippen molar-refractivity contribution in [3.8, 4) is 0 Å². The van der Waals surface area contributed by atoms with Crippen molar-refractivity contribution in [3.63, 3.8) is 0 Å². The lowest BCUT2D eigenvalue weighted by molar-refractivity contribution is 0.549. The highest BCUT2D eigenvalue weighted by Gasteiger charge is 2.25. The summed E-state index contributed by atoms with van der Waals surface area (Å²) in [5.41, 5.74) is 1.10. The molecule has 1 aromatic heterocycles. The highest BCUT2D eigenvalue weighted by molar-refractivity contribution is 6.30. The maximum absolute atomic E-state index is 6.30. The zero-order valence-electron chi connectivity index (χ0n) is 12.2. The summed E-state index contributed by atoms with van der Waals surface area (Å²) in [4.78, 5) is 11.2. The Balaban J connectivity index is 2.40. The van der Waals surface area contributed by atoms with Crippen LogP contribution in [0.3, 0.4) is 0 Å². The molecule has 2 heterocycles. The first-order valence-corrected chi connectivity index (χ1v) is 7.80. The number of aromatic nitrogens is 2. The van der Waals surface area contributed by atoms with E-state index in [2.05, 4.69) is 35.6 Å². The van der Waals surface area contributed by atoms with Gasteiger partial charge in [-0.05, 0) is 25.2 Å². The molecule has 0 aromatic carbocycles. The largest absolute Gasteiger partial charge is 0.353 e.